The van der Waals surface area contributed by atoms with E-state index in [-0.39, 0.29) is 30.0 Å². The number of carbonyl (C=O) groups is 2. The van der Waals surface area contributed by atoms with Crippen molar-refractivity contribution in [2.45, 2.75) is 50.6 Å². The Morgan fingerprint density at radius 2 is 1.84 bits per heavy atom. The predicted octanol–water partition coefficient (Wildman–Crippen LogP) is 2.81. The topological polar surface area (TPSA) is 83.1 Å². The monoisotopic (exact) mass is 422 g/mol. The van der Waals surface area contributed by atoms with Crippen LogP contribution in [0, 0.1) is 5.41 Å². The highest BCUT2D eigenvalue weighted by atomic mass is 16.2. The van der Waals surface area contributed by atoms with Crippen molar-refractivity contribution in [3.8, 4) is 0 Å². The average molecular weight is 423 g/mol. The van der Waals surface area contributed by atoms with Crippen molar-refractivity contribution in [1.29, 1.82) is 0 Å². The maximum atomic E-state index is 12.4. The van der Waals surface area contributed by atoms with Crippen LogP contribution in [0.2, 0.25) is 0 Å². The van der Waals surface area contributed by atoms with Gasteiger partial charge in [-0.15, -0.1) is 0 Å². The third-order valence-corrected chi connectivity index (χ3v) is 6.34. The zero-order valence-electron chi connectivity index (χ0n) is 18.3. The van der Waals surface area contributed by atoms with Crippen LogP contribution in [0.1, 0.15) is 49.4 Å². The molecule has 1 fully saturated rings. The lowest BCUT2D eigenvalue weighted by molar-refractivity contribution is -0.122. The first-order chi connectivity index (χ1) is 15.2. The van der Waals surface area contributed by atoms with Crippen molar-refractivity contribution in [3.63, 3.8) is 0 Å². The van der Waals surface area contributed by atoms with Crippen LogP contribution in [-0.4, -0.2) is 43.4 Å². The van der Waals surface area contributed by atoms with E-state index in [0.29, 0.717) is 13.0 Å². The molecule has 2 aromatic rings. The van der Waals surface area contributed by atoms with E-state index in [1.54, 1.807) is 13.2 Å². The van der Waals surface area contributed by atoms with Gasteiger partial charge in [0.25, 0.3) is 0 Å². The number of carbonyl (C=O) groups excluding carboxylic acids is 2. The van der Waals surface area contributed by atoms with Crippen molar-refractivity contribution in [2.75, 3.05) is 20.1 Å². The highest BCUT2D eigenvalue weighted by molar-refractivity contribution is 5.78. The number of hydrogen-bond donors (Lipinski definition) is 3. The molecule has 1 amide bonds. The standard InChI is InChI=1S/C25H34N4O2/c1-26-17-24(31)28-19-25(13-7-3-8-14-25)23(18-30)29-22(20-10-4-2-5-11-20)16-21-12-6-9-15-27-21/h2,4-6,9-12,15,18,22-23,26,29H,3,7-8,13-14,16-17,19H2,1H3,(H,28,31). The highest BCUT2D eigenvalue weighted by Gasteiger charge is 2.41. The second-order valence-electron chi connectivity index (χ2n) is 8.50. The van der Waals surface area contributed by atoms with Gasteiger partial charge in [-0.05, 0) is 37.6 Å². The first-order valence-corrected chi connectivity index (χ1v) is 11.2. The third kappa shape index (κ3) is 6.45. The van der Waals surface area contributed by atoms with E-state index >= 15 is 0 Å². The van der Waals surface area contributed by atoms with Crippen molar-refractivity contribution >= 4 is 12.2 Å². The van der Waals surface area contributed by atoms with Gasteiger partial charge in [-0.2, -0.15) is 0 Å². The van der Waals surface area contributed by atoms with Crippen LogP contribution in [0.4, 0.5) is 0 Å². The summed E-state index contributed by atoms with van der Waals surface area (Å²) < 4.78 is 0. The van der Waals surface area contributed by atoms with Crippen LogP contribution in [0.3, 0.4) is 0 Å². The van der Waals surface area contributed by atoms with E-state index in [1.807, 2.05) is 36.4 Å². The summed E-state index contributed by atoms with van der Waals surface area (Å²) in [5.41, 5.74) is 1.83. The SMILES string of the molecule is CNCC(=O)NCC1(C(C=O)NC(Cc2ccccn2)c2ccccc2)CCCCC1. The van der Waals surface area contributed by atoms with Gasteiger partial charge < -0.3 is 15.4 Å². The quantitative estimate of drug-likeness (QED) is 0.485. The molecule has 2 unspecified atom stereocenters. The second-order valence-corrected chi connectivity index (χ2v) is 8.50. The van der Waals surface area contributed by atoms with Gasteiger partial charge in [-0.3, -0.25) is 15.1 Å². The van der Waals surface area contributed by atoms with E-state index < -0.39 is 0 Å². The second kappa shape index (κ2) is 11.7. The van der Waals surface area contributed by atoms with Gasteiger partial charge in [-0.25, -0.2) is 0 Å². The van der Waals surface area contributed by atoms with Crippen LogP contribution < -0.4 is 16.0 Å². The Morgan fingerprint density at radius 1 is 1.10 bits per heavy atom. The Bertz CT molecular complexity index is 807. The molecule has 3 rings (SSSR count). The smallest absolute Gasteiger partial charge is 0.233 e. The molecule has 2 atom stereocenters. The molecule has 1 heterocycles. The number of nitrogens with zero attached hydrogens (tertiary/aromatic N) is 1. The van der Waals surface area contributed by atoms with Gasteiger partial charge in [0.1, 0.15) is 6.29 Å². The number of nitrogens with one attached hydrogen (secondary N) is 3. The number of aromatic nitrogens is 1. The maximum absolute atomic E-state index is 12.4. The molecule has 0 aliphatic heterocycles. The first kappa shape index (κ1) is 23.1. The molecule has 166 valence electrons. The first-order valence-electron chi connectivity index (χ1n) is 11.2. The Balaban J connectivity index is 1.83. The molecule has 1 saturated carbocycles. The number of hydrogen-bond acceptors (Lipinski definition) is 5. The summed E-state index contributed by atoms with van der Waals surface area (Å²) in [5, 5.41) is 9.61. The molecule has 31 heavy (non-hydrogen) atoms. The molecule has 0 spiro atoms. The van der Waals surface area contributed by atoms with E-state index in [0.717, 1.165) is 43.2 Å². The number of aldehydes is 1. The lowest BCUT2D eigenvalue weighted by Crippen LogP contribution is -2.55. The summed E-state index contributed by atoms with van der Waals surface area (Å²) >= 11 is 0. The molecule has 0 radical (unpaired) electrons. The molecule has 6 heteroatoms. The van der Waals surface area contributed by atoms with E-state index in [1.165, 1.54) is 6.42 Å². The number of likely N-dealkylation sites (N-methyl/N-ethyl adjacent to an activating group) is 1. The van der Waals surface area contributed by atoms with Gasteiger partial charge in [0.15, 0.2) is 0 Å². The largest absolute Gasteiger partial charge is 0.354 e. The molecule has 1 aliphatic rings. The zero-order valence-corrected chi connectivity index (χ0v) is 18.3. The lowest BCUT2D eigenvalue weighted by Gasteiger charge is -2.43. The third-order valence-electron chi connectivity index (χ3n) is 6.34. The minimum atomic E-state index is -0.350. The molecule has 3 N–H and O–H groups in total. The average Bonchev–Trinajstić information content (AvgIpc) is 2.82. The van der Waals surface area contributed by atoms with Crippen LogP contribution in [0.15, 0.2) is 54.7 Å². The lowest BCUT2D eigenvalue weighted by atomic mass is 9.68. The Morgan fingerprint density at radius 3 is 2.48 bits per heavy atom. The minimum absolute atomic E-state index is 0.0369. The van der Waals surface area contributed by atoms with Crippen LogP contribution in [0.5, 0.6) is 0 Å². The number of rotatable bonds is 11. The molecule has 1 aromatic heterocycles. The summed E-state index contributed by atoms with van der Waals surface area (Å²) in [7, 11) is 1.76. The van der Waals surface area contributed by atoms with Crippen molar-refractivity contribution in [2.24, 2.45) is 5.41 Å². The van der Waals surface area contributed by atoms with Gasteiger partial charge in [0.05, 0.1) is 12.6 Å². The molecule has 0 saturated heterocycles. The number of benzene rings is 1. The molecular weight excluding hydrogens is 388 g/mol. The number of pyridine rings is 1. The highest BCUT2D eigenvalue weighted by Crippen LogP contribution is 2.39. The van der Waals surface area contributed by atoms with Gasteiger partial charge in [0.2, 0.25) is 5.91 Å². The van der Waals surface area contributed by atoms with Crippen molar-refractivity contribution in [3.05, 3.63) is 66.0 Å². The minimum Gasteiger partial charge on any atom is -0.354 e. The molecule has 0 bridgehead atoms. The molecular formula is C25H34N4O2. The summed E-state index contributed by atoms with van der Waals surface area (Å²) in [5.74, 6) is -0.0369. The fraction of sp³-hybridized carbons (Fsp3) is 0.480. The molecule has 1 aliphatic carbocycles. The Hall–Kier alpha value is -2.57. The maximum Gasteiger partial charge on any atom is 0.233 e. The van der Waals surface area contributed by atoms with Crippen molar-refractivity contribution in [1.82, 2.24) is 20.9 Å². The van der Waals surface area contributed by atoms with Gasteiger partial charge >= 0.3 is 0 Å². The summed E-state index contributed by atoms with van der Waals surface area (Å²) in [6, 6.07) is 15.7. The van der Waals surface area contributed by atoms with Crippen molar-refractivity contribution < 1.29 is 9.59 Å². The van der Waals surface area contributed by atoms with Crippen LogP contribution in [0.25, 0.3) is 0 Å². The number of amides is 1. The van der Waals surface area contributed by atoms with Gasteiger partial charge in [-0.1, -0.05) is 55.7 Å². The summed E-state index contributed by atoms with van der Waals surface area (Å²) in [6.45, 7) is 0.788. The van der Waals surface area contributed by atoms with E-state index in [4.69, 9.17) is 0 Å². The van der Waals surface area contributed by atoms with E-state index in [2.05, 4.69) is 33.1 Å². The molecule has 6 nitrogen and oxygen atoms in total. The summed E-state index contributed by atoms with van der Waals surface area (Å²) in [6.07, 6.45) is 8.71. The van der Waals surface area contributed by atoms with E-state index in [9.17, 15) is 9.59 Å². The van der Waals surface area contributed by atoms with Crippen LogP contribution >= 0.6 is 0 Å². The normalized spacial score (nSPS) is 17.5. The fourth-order valence-corrected chi connectivity index (χ4v) is 4.61. The summed E-state index contributed by atoms with van der Waals surface area (Å²) in [4.78, 5) is 29.0. The van der Waals surface area contributed by atoms with Crippen LogP contribution in [-0.2, 0) is 16.0 Å². The fourth-order valence-electron chi connectivity index (χ4n) is 4.61. The zero-order chi connectivity index (χ0) is 21.9. The molecule has 1 aromatic carbocycles. The predicted molar refractivity (Wildman–Crippen MR) is 123 cm³/mol. The Kier molecular flexibility index (Phi) is 8.74. The Labute approximate surface area is 185 Å². The van der Waals surface area contributed by atoms with Gasteiger partial charge in [0, 0.05) is 36.3 Å².